The number of fused-ring (bicyclic) bond motifs is 1. The van der Waals surface area contributed by atoms with Crippen LogP contribution in [0, 0.1) is 12.7 Å². The summed E-state index contributed by atoms with van der Waals surface area (Å²) >= 11 is 0. The highest BCUT2D eigenvalue weighted by molar-refractivity contribution is 5.93. The molecular formula is C19H20FN5O. The molecule has 1 fully saturated rings. The number of benzene rings is 1. The lowest BCUT2D eigenvalue weighted by Gasteiger charge is -2.35. The first-order valence-electron chi connectivity index (χ1n) is 8.72. The summed E-state index contributed by atoms with van der Waals surface area (Å²) in [5.41, 5.74) is 2.93. The third-order valence-corrected chi connectivity index (χ3v) is 4.72. The van der Waals surface area contributed by atoms with E-state index in [0.717, 1.165) is 30.6 Å². The first-order valence-corrected chi connectivity index (χ1v) is 8.72. The summed E-state index contributed by atoms with van der Waals surface area (Å²) in [5.74, 6) is -0.424. The topological polar surface area (TPSA) is 62.5 Å². The standard InChI is InChI=1S/C19H20FN5O/c1-13-10-14(20)5-6-17(13)24-8-2-4-15(12-24)22-19(26)16-11-18-21-7-3-9-25(18)23-16/h3,5-7,9-11,15H,2,4,8,12H2,1H3,(H,22,26). The highest BCUT2D eigenvalue weighted by atomic mass is 19.1. The van der Waals surface area contributed by atoms with E-state index in [2.05, 4.69) is 20.3 Å². The van der Waals surface area contributed by atoms with Crippen molar-refractivity contribution in [1.29, 1.82) is 0 Å². The van der Waals surface area contributed by atoms with E-state index >= 15 is 0 Å². The van der Waals surface area contributed by atoms with Gasteiger partial charge in [-0.1, -0.05) is 0 Å². The summed E-state index contributed by atoms with van der Waals surface area (Å²) in [5, 5.41) is 7.33. The maximum atomic E-state index is 13.3. The van der Waals surface area contributed by atoms with E-state index in [-0.39, 0.29) is 17.8 Å². The van der Waals surface area contributed by atoms with E-state index in [1.54, 1.807) is 35.1 Å². The van der Waals surface area contributed by atoms with Crippen molar-refractivity contribution in [3.63, 3.8) is 0 Å². The monoisotopic (exact) mass is 353 g/mol. The van der Waals surface area contributed by atoms with Gasteiger partial charge in [-0.3, -0.25) is 4.79 Å². The molecule has 0 spiro atoms. The number of amides is 1. The molecule has 3 heterocycles. The van der Waals surface area contributed by atoms with Crippen LogP contribution < -0.4 is 10.2 Å². The number of anilines is 1. The lowest BCUT2D eigenvalue weighted by Crippen LogP contribution is -2.48. The van der Waals surface area contributed by atoms with Gasteiger partial charge >= 0.3 is 0 Å². The summed E-state index contributed by atoms with van der Waals surface area (Å²) in [6, 6.07) is 8.31. The Balaban J connectivity index is 1.46. The number of nitrogens with one attached hydrogen (secondary N) is 1. The molecule has 3 aromatic rings. The van der Waals surface area contributed by atoms with Crippen LogP contribution in [0.15, 0.2) is 42.7 Å². The van der Waals surface area contributed by atoms with Crippen molar-refractivity contribution in [1.82, 2.24) is 19.9 Å². The molecule has 1 atom stereocenters. The molecule has 0 aliphatic carbocycles. The number of rotatable bonds is 3. The highest BCUT2D eigenvalue weighted by Gasteiger charge is 2.24. The third kappa shape index (κ3) is 3.24. The maximum absolute atomic E-state index is 13.3. The number of hydrogen-bond donors (Lipinski definition) is 1. The van der Waals surface area contributed by atoms with Crippen molar-refractivity contribution in [2.45, 2.75) is 25.8 Å². The molecule has 1 saturated heterocycles. The molecule has 1 aliphatic heterocycles. The number of carbonyl (C=O) groups excluding carboxylic acids is 1. The first kappa shape index (κ1) is 16.5. The molecule has 7 heteroatoms. The maximum Gasteiger partial charge on any atom is 0.272 e. The molecule has 1 aromatic carbocycles. The largest absolute Gasteiger partial charge is 0.369 e. The fourth-order valence-electron chi connectivity index (χ4n) is 3.49. The number of aromatic nitrogens is 3. The van der Waals surface area contributed by atoms with Gasteiger partial charge in [0.05, 0.1) is 0 Å². The van der Waals surface area contributed by atoms with Crippen LogP contribution in [0.3, 0.4) is 0 Å². The Labute approximate surface area is 150 Å². The van der Waals surface area contributed by atoms with Gasteiger partial charge in [0.2, 0.25) is 0 Å². The zero-order valence-corrected chi connectivity index (χ0v) is 14.5. The van der Waals surface area contributed by atoms with Gasteiger partial charge in [-0.25, -0.2) is 13.9 Å². The minimum atomic E-state index is -0.228. The molecular weight excluding hydrogens is 333 g/mol. The van der Waals surface area contributed by atoms with Gasteiger partial charge in [0.15, 0.2) is 11.3 Å². The normalized spacial score (nSPS) is 17.5. The molecule has 1 unspecified atom stereocenters. The van der Waals surface area contributed by atoms with E-state index in [0.29, 0.717) is 17.9 Å². The lowest BCUT2D eigenvalue weighted by molar-refractivity contribution is 0.0928. The predicted octanol–water partition coefficient (Wildman–Crippen LogP) is 2.58. The first-order chi connectivity index (χ1) is 12.6. The fraction of sp³-hybridized carbons (Fsp3) is 0.316. The Hall–Kier alpha value is -2.96. The molecule has 0 bridgehead atoms. The second-order valence-corrected chi connectivity index (χ2v) is 6.64. The highest BCUT2D eigenvalue weighted by Crippen LogP contribution is 2.24. The van der Waals surface area contributed by atoms with Crippen molar-refractivity contribution in [2.75, 3.05) is 18.0 Å². The van der Waals surface area contributed by atoms with Gasteiger partial charge in [0.25, 0.3) is 5.91 Å². The number of aryl methyl sites for hydroxylation is 1. The molecule has 134 valence electrons. The number of piperidine rings is 1. The Bertz CT molecular complexity index is 921. The molecule has 6 nitrogen and oxygen atoms in total. The van der Waals surface area contributed by atoms with Crippen LogP contribution in [0.4, 0.5) is 10.1 Å². The smallest absolute Gasteiger partial charge is 0.272 e. The summed E-state index contributed by atoms with van der Waals surface area (Å²) in [6.45, 7) is 3.51. The average molecular weight is 353 g/mol. The van der Waals surface area contributed by atoms with Gasteiger partial charge in [-0.05, 0) is 49.6 Å². The number of carbonyl (C=O) groups is 1. The van der Waals surface area contributed by atoms with Crippen LogP contribution in [-0.2, 0) is 0 Å². The molecule has 0 saturated carbocycles. The van der Waals surface area contributed by atoms with E-state index < -0.39 is 0 Å². The summed E-state index contributed by atoms with van der Waals surface area (Å²) in [7, 11) is 0. The van der Waals surface area contributed by atoms with Crippen molar-refractivity contribution >= 4 is 17.2 Å². The Kier molecular flexibility index (Phi) is 4.28. The van der Waals surface area contributed by atoms with Crippen molar-refractivity contribution in [3.8, 4) is 0 Å². The molecule has 0 radical (unpaired) electrons. The van der Waals surface area contributed by atoms with Crippen LogP contribution in [-0.4, -0.2) is 39.6 Å². The van der Waals surface area contributed by atoms with Gasteiger partial charge in [-0.15, -0.1) is 0 Å². The van der Waals surface area contributed by atoms with Crippen LogP contribution in [0.5, 0.6) is 0 Å². The van der Waals surface area contributed by atoms with Crippen molar-refractivity contribution in [3.05, 3.63) is 59.8 Å². The van der Waals surface area contributed by atoms with Gasteiger partial charge in [0, 0.05) is 43.3 Å². The Morgan fingerprint density at radius 3 is 3.04 bits per heavy atom. The molecule has 1 amide bonds. The number of halogens is 1. The van der Waals surface area contributed by atoms with E-state index in [1.807, 2.05) is 13.0 Å². The van der Waals surface area contributed by atoms with Gasteiger partial charge in [0.1, 0.15) is 5.82 Å². The second-order valence-electron chi connectivity index (χ2n) is 6.64. The predicted molar refractivity (Wildman–Crippen MR) is 96.8 cm³/mol. The fourth-order valence-corrected chi connectivity index (χ4v) is 3.49. The summed E-state index contributed by atoms with van der Waals surface area (Å²) in [4.78, 5) is 18.9. The zero-order valence-electron chi connectivity index (χ0n) is 14.5. The second kappa shape index (κ2) is 6.74. The van der Waals surface area contributed by atoms with Crippen LogP contribution in [0.2, 0.25) is 0 Å². The molecule has 1 aliphatic rings. The van der Waals surface area contributed by atoms with E-state index in [9.17, 15) is 9.18 Å². The Morgan fingerprint density at radius 2 is 2.23 bits per heavy atom. The molecule has 4 rings (SSSR count). The van der Waals surface area contributed by atoms with Crippen LogP contribution in [0.25, 0.3) is 5.65 Å². The van der Waals surface area contributed by atoms with Crippen LogP contribution in [0.1, 0.15) is 28.9 Å². The zero-order chi connectivity index (χ0) is 18.1. The van der Waals surface area contributed by atoms with E-state index in [1.165, 1.54) is 6.07 Å². The summed E-state index contributed by atoms with van der Waals surface area (Å²) < 4.78 is 14.9. The number of hydrogen-bond acceptors (Lipinski definition) is 4. The van der Waals surface area contributed by atoms with Crippen molar-refractivity contribution < 1.29 is 9.18 Å². The number of nitrogens with zero attached hydrogens (tertiary/aromatic N) is 4. The Morgan fingerprint density at radius 1 is 1.35 bits per heavy atom. The van der Waals surface area contributed by atoms with Gasteiger partial charge < -0.3 is 10.2 Å². The molecule has 2 aromatic heterocycles. The average Bonchev–Trinajstić information content (AvgIpc) is 3.06. The third-order valence-electron chi connectivity index (χ3n) is 4.72. The molecule has 1 N–H and O–H groups in total. The summed E-state index contributed by atoms with van der Waals surface area (Å²) in [6.07, 6.45) is 5.31. The van der Waals surface area contributed by atoms with Gasteiger partial charge in [-0.2, -0.15) is 5.10 Å². The minimum absolute atomic E-state index is 0.0264. The molecule has 26 heavy (non-hydrogen) atoms. The van der Waals surface area contributed by atoms with Crippen molar-refractivity contribution in [2.24, 2.45) is 0 Å². The van der Waals surface area contributed by atoms with Crippen LogP contribution >= 0.6 is 0 Å². The lowest BCUT2D eigenvalue weighted by atomic mass is 10.0. The quantitative estimate of drug-likeness (QED) is 0.786. The minimum Gasteiger partial charge on any atom is -0.369 e. The SMILES string of the molecule is Cc1cc(F)ccc1N1CCCC(NC(=O)c2cc3ncccn3n2)C1. The van der Waals surface area contributed by atoms with E-state index in [4.69, 9.17) is 0 Å².